The average Bonchev–Trinajstić information content (AvgIpc) is 2.72. The molecule has 0 aliphatic heterocycles. The third-order valence-corrected chi connectivity index (χ3v) is 6.42. The molecular formula is C23H31NO4S. The van der Waals surface area contributed by atoms with E-state index < -0.39 is 10.0 Å². The first-order chi connectivity index (χ1) is 13.9. The highest BCUT2D eigenvalue weighted by atomic mass is 32.2. The summed E-state index contributed by atoms with van der Waals surface area (Å²) in [7, 11) is -2.18. The maximum atomic E-state index is 12.8. The van der Waals surface area contributed by atoms with Crippen molar-refractivity contribution in [2.45, 2.75) is 62.8 Å². The molecule has 0 saturated carbocycles. The lowest BCUT2D eigenvalue weighted by molar-refractivity contribution is -0.140. The topological polar surface area (TPSA) is 72.5 Å². The van der Waals surface area contributed by atoms with Crippen molar-refractivity contribution in [2.75, 3.05) is 7.11 Å². The van der Waals surface area contributed by atoms with Crippen molar-refractivity contribution >= 4 is 16.0 Å². The van der Waals surface area contributed by atoms with Gasteiger partial charge < -0.3 is 4.74 Å². The molecular weight excluding hydrogens is 386 g/mol. The molecule has 1 unspecified atom stereocenters. The molecule has 1 atom stereocenters. The van der Waals surface area contributed by atoms with Crippen LogP contribution in [0.5, 0.6) is 0 Å². The smallest absolute Gasteiger partial charge is 0.305 e. The average molecular weight is 418 g/mol. The maximum Gasteiger partial charge on any atom is 0.305 e. The van der Waals surface area contributed by atoms with Crippen LogP contribution in [0.25, 0.3) is 0 Å². The third-order valence-electron chi connectivity index (χ3n) is 4.93. The number of unbranched alkanes of at least 4 members (excludes halogenated alkanes) is 4. The van der Waals surface area contributed by atoms with E-state index in [0.717, 1.165) is 49.7 Å². The van der Waals surface area contributed by atoms with Gasteiger partial charge in [-0.05, 0) is 37.5 Å². The highest BCUT2D eigenvalue weighted by Crippen LogP contribution is 2.23. The molecule has 0 fully saturated rings. The lowest BCUT2D eigenvalue weighted by Crippen LogP contribution is -2.28. The lowest BCUT2D eigenvalue weighted by Gasteiger charge is -2.19. The van der Waals surface area contributed by atoms with Crippen molar-refractivity contribution < 1.29 is 17.9 Å². The van der Waals surface area contributed by atoms with Crippen LogP contribution in [0.3, 0.4) is 0 Å². The van der Waals surface area contributed by atoms with Crippen molar-refractivity contribution in [1.82, 2.24) is 4.72 Å². The molecule has 29 heavy (non-hydrogen) atoms. The molecule has 158 valence electrons. The van der Waals surface area contributed by atoms with Crippen LogP contribution >= 0.6 is 0 Å². The summed E-state index contributed by atoms with van der Waals surface area (Å²) in [6, 6.07) is 16.3. The number of hydrogen-bond acceptors (Lipinski definition) is 4. The van der Waals surface area contributed by atoms with Gasteiger partial charge in [0.2, 0.25) is 10.0 Å². The minimum Gasteiger partial charge on any atom is -0.469 e. The van der Waals surface area contributed by atoms with Crippen LogP contribution in [0.2, 0.25) is 0 Å². The highest BCUT2D eigenvalue weighted by Gasteiger charge is 2.21. The Balaban J connectivity index is 1.92. The van der Waals surface area contributed by atoms with Crippen LogP contribution in [0.15, 0.2) is 59.5 Å². The monoisotopic (exact) mass is 417 g/mol. The molecule has 6 heteroatoms. The minimum absolute atomic E-state index is 0.167. The summed E-state index contributed by atoms with van der Waals surface area (Å²) in [5, 5.41) is 0. The number of sulfonamides is 1. The van der Waals surface area contributed by atoms with Gasteiger partial charge in [-0.15, -0.1) is 0 Å². The molecule has 1 N–H and O–H groups in total. The first-order valence-corrected chi connectivity index (χ1v) is 11.6. The van der Waals surface area contributed by atoms with E-state index in [-0.39, 0.29) is 16.9 Å². The van der Waals surface area contributed by atoms with E-state index in [1.54, 1.807) is 24.3 Å². The molecule has 0 aliphatic rings. The van der Waals surface area contributed by atoms with Gasteiger partial charge in [0.15, 0.2) is 0 Å². The fraction of sp³-hybridized carbons (Fsp3) is 0.435. The summed E-state index contributed by atoms with van der Waals surface area (Å²) in [6.45, 7) is 1.93. The number of benzene rings is 2. The Labute approximate surface area is 174 Å². The van der Waals surface area contributed by atoms with Gasteiger partial charge in [-0.3, -0.25) is 4.79 Å². The second-order valence-electron chi connectivity index (χ2n) is 7.28. The molecule has 0 aliphatic carbocycles. The molecule has 0 aromatic heterocycles. The zero-order chi connectivity index (χ0) is 21.1. The van der Waals surface area contributed by atoms with E-state index in [2.05, 4.69) is 9.46 Å². The number of esters is 1. The van der Waals surface area contributed by atoms with Crippen LogP contribution in [-0.4, -0.2) is 21.5 Å². The maximum absolute atomic E-state index is 12.8. The molecule has 0 amide bonds. The number of methoxy groups -OCH3 is 1. The summed E-state index contributed by atoms with van der Waals surface area (Å²) in [5.74, 6) is -0.167. The quantitative estimate of drug-likeness (QED) is 0.393. The number of hydrogen-bond donors (Lipinski definition) is 1. The van der Waals surface area contributed by atoms with E-state index in [1.165, 1.54) is 7.11 Å². The fourth-order valence-electron chi connectivity index (χ4n) is 3.20. The summed E-state index contributed by atoms with van der Waals surface area (Å²) < 4.78 is 33.2. The van der Waals surface area contributed by atoms with E-state index in [0.29, 0.717) is 6.42 Å². The normalized spacial score (nSPS) is 12.5. The summed E-state index contributed by atoms with van der Waals surface area (Å²) in [6.07, 6.45) is 5.91. The van der Waals surface area contributed by atoms with Crippen LogP contribution in [0.4, 0.5) is 0 Å². The predicted molar refractivity (Wildman–Crippen MR) is 115 cm³/mol. The van der Waals surface area contributed by atoms with E-state index in [1.807, 2.05) is 37.3 Å². The van der Waals surface area contributed by atoms with Crippen molar-refractivity contribution in [3.63, 3.8) is 0 Å². The molecule has 0 saturated heterocycles. The SMILES string of the molecule is COC(=O)CCCCCCCC(NS(=O)(=O)c1ccc(C)cc1)c1ccccc1. The molecule has 2 aromatic carbocycles. The molecule has 0 heterocycles. The Kier molecular flexibility index (Phi) is 9.35. The number of ether oxygens (including phenoxy) is 1. The zero-order valence-corrected chi connectivity index (χ0v) is 18.1. The van der Waals surface area contributed by atoms with Gasteiger partial charge >= 0.3 is 5.97 Å². The molecule has 5 nitrogen and oxygen atoms in total. The Bertz CT molecular complexity index is 848. The van der Waals surface area contributed by atoms with Gasteiger partial charge in [-0.2, -0.15) is 0 Å². The molecule has 2 rings (SSSR count). The molecule has 0 spiro atoms. The Morgan fingerprint density at radius 2 is 1.55 bits per heavy atom. The summed E-state index contributed by atoms with van der Waals surface area (Å²) in [5.41, 5.74) is 1.99. The first kappa shape index (κ1) is 23.1. The van der Waals surface area contributed by atoms with Crippen LogP contribution in [-0.2, 0) is 19.6 Å². The zero-order valence-electron chi connectivity index (χ0n) is 17.3. The largest absolute Gasteiger partial charge is 0.469 e. The predicted octanol–water partition coefficient (Wildman–Crippen LogP) is 4.92. The number of aryl methyl sites for hydroxylation is 1. The van der Waals surface area contributed by atoms with Crippen molar-refractivity contribution in [3.05, 3.63) is 65.7 Å². The minimum atomic E-state index is -3.59. The van der Waals surface area contributed by atoms with Crippen molar-refractivity contribution in [1.29, 1.82) is 0 Å². The lowest BCUT2D eigenvalue weighted by atomic mass is 10.0. The third kappa shape index (κ3) is 7.99. The number of carbonyl (C=O) groups is 1. The Morgan fingerprint density at radius 1 is 0.931 bits per heavy atom. The molecule has 2 aromatic rings. The Hall–Kier alpha value is -2.18. The molecule has 0 bridgehead atoms. The summed E-state index contributed by atoms with van der Waals surface area (Å²) in [4.78, 5) is 11.4. The number of nitrogens with one attached hydrogen (secondary N) is 1. The standard InChI is InChI=1S/C23H31NO4S/c1-19-15-17-21(18-16-19)29(26,27)24-22(20-11-7-6-8-12-20)13-9-4-3-5-10-14-23(25)28-2/h6-8,11-12,15-18,22,24H,3-5,9-10,13-14H2,1-2H3. The van der Waals surface area contributed by atoms with Crippen LogP contribution in [0, 0.1) is 6.92 Å². The number of rotatable bonds is 12. The van der Waals surface area contributed by atoms with Gasteiger partial charge in [0.1, 0.15) is 0 Å². The fourth-order valence-corrected chi connectivity index (χ4v) is 4.46. The summed E-state index contributed by atoms with van der Waals surface area (Å²) >= 11 is 0. The van der Waals surface area contributed by atoms with Crippen LogP contribution in [0.1, 0.15) is 62.1 Å². The van der Waals surface area contributed by atoms with Gasteiger partial charge in [0.05, 0.1) is 12.0 Å². The van der Waals surface area contributed by atoms with Crippen molar-refractivity contribution in [2.24, 2.45) is 0 Å². The van der Waals surface area contributed by atoms with E-state index >= 15 is 0 Å². The second-order valence-corrected chi connectivity index (χ2v) is 8.99. The van der Waals surface area contributed by atoms with Gasteiger partial charge in [0.25, 0.3) is 0 Å². The first-order valence-electron chi connectivity index (χ1n) is 10.1. The van der Waals surface area contributed by atoms with Crippen LogP contribution < -0.4 is 4.72 Å². The van der Waals surface area contributed by atoms with Crippen molar-refractivity contribution in [3.8, 4) is 0 Å². The van der Waals surface area contributed by atoms with E-state index in [9.17, 15) is 13.2 Å². The number of carbonyl (C=O) groups excluding carboxylic acids is 1. The second kappa shape index (κ2) is 11.7. The molecule has 0 radical (unpaired) electrons. The van der Waals surface area contributed by atoms with Gasteiger partial charge in [0, 0.05) is 12.5 Å². The highest BCUT2D eigenvalue weighted by molar-refractivity contribution is 7.89. The Morgan fingerprint density at radius 3 is 2.21 bits per heavy atom. The van der Waals surface area contributed by atoms with Gasteiger partial charge in [-0.25, -0.2) is 13.1 Å². The van der Waals surface area contributed by atoms with Gasteiger partial charge in [-0.1, -0.05) is 73.7 Å². The van der Waals surface area contributed by atoms with E-state index in [4.69, 9.17) is 0 Å².